The van der Waals surface area contributed by atoms with Gasteiger partial charge in [0.15, 0.2) is 0 Å². The first kappa shape index (κ1) is 11.4. The van der Waals surface area contributed by atoms with Crippen molar-refractivity contribution in [2.75, 3.05) is 13.1 Å². The fraction of sp³-hybridized carbons (Fsp3) is 0.222. The van der Waals surface area contributed by atoms with E-state index in [2.05, 4.69) is 21.2 Å². The number of hydrogen-bond donors (Lipinski definition) is 1. The van der Waals surface area contributed by atoms with Gasteiger partial charge in [-0.1, -0.05) is 22.0 Å². The summed E-state index contributed by atoms with van der Waals surface area (Å²) in [6, 6.07) is 5.71. The number of carbonyl (C=O) groups is 1. The Balaban J connectivity index is 2.43. The number of amides is 2. The van der Waals surface area contributed by atoms with E-state index in [1.54, 1.807) is 12.1 Å². The van der Waals surface area contributed by atoms with E-state index in [9.17, 15) is 13.2 Å². The molecule has 1 saturated heterocycles. The Bertz CT molecular complexity index is 529. The SMILES string of the molecule is O=C1NCCN1S(=O)(=O)c1cccc(Br)c1. The lowest BCUT2D eigenvalue weighted by Gasteiger charge is -2.14. The van der Waals surface area contributed by atoms with Gasteiger partial charge in [0.2, 0.25) is 0 Å². The molecule has 86 valence electrons. The Morgan fingerprint density at radius 1 is 1.38 bits per heavy atom. The molecule has 0 spiro atoms. The zero-order valence-electron chi connectivity index (χ0n) is 8.18. The molecule has 1 aliphatic heterocycles. The quantitative estimate of drug-likeness (QED) is 0.892. The van der Waals surface area contributed by atoms with Gasteiger partial charge in [0.1, 0.15) is 0 Å². The van der Waals surface area contributed by atoms with Gasteiger partial charge in [0.25, 0.3) is 10.0 Å². The fourth-order valence-electron chi connectivity index (χ4n) is 1.44. The topological polar surface area (TPSA) is 66.5 Å². The summed E-state index contributed by atoms with van der Waals surface area (Å²) in [4.78, 5) is 11.4. The van der Waals surface area contributed by atoms with Crippen molar-refractivity contribution in [1.82, 2.24) is 9.62 Å². The predicted octanol–water partition coefficient (Wildman–Crippen LogP) is 1.16. The summed E-state index contributed by atoms with van der Waals surface area (Å²) in [5.41, 5.74) is 0. The summed E-state index contributed by atoms with van der Waals surface area (Å²) in [5, 5.41) is 2.46. The molecular formula is C9H9BrN2O3S. The Labute approximate surface area is 102 Å². The van der Waals surface area contributed by atoms with Crippen LogP contribution in [0.1, 0.15) is 0 Å². The summed E-state index contributed by atoms with van der Waals surface area (Å²) >= 11 is 3.19. The van der Waals surface area contributed by atoms with Crippen molar-refractivity contribution < 1.29 is 13.2 Å². The van der Waals surface area contributed by atoms with E-state index in [1.807, 2.05) is 0 Å². The minimum Gasteiger partial charge on any atom is -0.335 e. The maximum Gasteiger partial charge on any atom is 0.331 e. The largest absolute Gasteiger partial charge is 0.335 e. The molecule has 0 saturated carbocycles. The first-order chi connectivity index (χ1) is 7.51. The molecule has 1 heterocycles. The summed E-state index contributed by atoms with van der Waals surface area (Å²) in [6.07, 6.45) is 0. The van der Waals surface area contributed by atoms with Crippen LogP contribution in [0.4, 0.5) is 4.79 Å². The molecule has 5 nitrogen and oxygen atoms in total. The molecule has 1 fully saturated rings. The molecule has 0 unspecified atom stereocenters. The molecule has 0 aromatic heterocycles. The number of rotatable bonds is 2. The fourth-order valence-corrected chi connectivity index (χ4v) is 3.38. The molecular weight excluding hydrogens is 296 g/mol. The van der Waals surface area contributed by atoms with Crippen LogP contribution in [0.5, 0.6) is 0 Å². The van der Waals surface area contributed by atoms with E-state index in [4.69, 9.17) is 0 Å². The molecule has 7 heteroatoms. The molecule has 0 radical (unpaired) electrons. The van der Waals surface area contributed by atoms with E-state index in [0.717, 1.165) is 4.31 Å². The van der Waals surface area contributed by atoms with Crippen molar-refractivity contribution in [2.24, 2.45) is 0 Å². The van der Waals surface area contributed by atoms with E-state index in [1.165, 1.54) is 12.1 Å². The van der Waals surface area contributed by atoms with Crippen molar-refractivity contribution in [3.63, 3.8) is 0 Å². The molecule has 2 amide bonds. The number of nitrogens with zero attached hydrogens (tertiary/aromatic N) is 1. The van der Waals surface area contributed by atoms with Gasteiger partial charge in [0, 0.05) is 11.0 Å². The molecule has 1 aromatic carbocycles. The Hall–Kier alpha value is -1.08. The minimum atomic E-state index is -3.72. The Kier molecular flexibility index (Phi) is 2.90. The summed E-state index contributed by atoms with van der Waals surface area (Å²) in [6.45, 7) is 0.528. The van der Waals surface area contributed by atoms with E-state index in [-0.39, 0.29) is 11.4 Å². The first-order valence-corrected chi connectivity index (χ1v) is 6.81. The number of sulfonamides is 1. The molecule has 2 rings (SSSR count). The van der Waals surface area contributed by atoms with Crippen molar-refractivity contribution in [3.8, 4) is 0 Å². The van der Waals surface area contributed by atoms with Crippen LogP contribution in [0.2, 0.25) is 0 Å². The highest BCUT2D eigenvalue weighted by molar-refractivity contribution is 9.10. The lowest BCUT2D eigenvalue weighted by atomic mass is 10.4. The highest BCUT2D eigenvalue weighted by Gasteiger charge is 2.32. The number of halogens is 1. The van der Waals surface area contributed by atoms with Crippen molar-refractivity contribution >= 4 is 32.0 Å². The molecule has 0 bridgehead atoms. The van der Waals surface area contributed by atoms with Gasteiger partial charge in [-0.3, -0.25) is 0 Å². The second-order valence-corrected chi connectivity index (χ2v) is 6.04. The van der Waals surface area contributed by atoms with E-state index >= 15 is 0 Å². The molecule has 1 aliphatic rings. The maximum atomic E-state index is 12.0. The lowest BCUT2D eigenvalue weighted by Crippen LogP contribution is -2.34. The second kappa shape index (κ2) is 4.06. The van der Waals surface area contributed by atoms with E-state index in [0.29, 0.717) is 11.0 Å². The van der Waals surface area contributed by atoms with Crippen LogP contribution in [0.25, 0.3) is 0 Å². The number of nitrogens with one attached hydrogen (secondary N) is 1. The number of benzene rings is 1. The van der Waals surface area contributed by atoms with Gasteiger partial charge in [-0.2, -0.15) is 0 Å². The Morgan fingerprint density at radius 3 is 2.69 bits per heavy atom. The van der Waals surface area contributed by atoms with Crippen molar-refractivity contribution in [1.29, 1.82) is 0 Å². The van der Waals surface area contributed by atoms with Gasteiger partial charge >= 0.3 is 6.03 Å². The van der Waals surface area contributed by atoms with Crippen LogP contribution in [0, 0.1) is 0 Å². The molecule has 1 aromatic rings. The smallest absolute Gasteiger partial charge is 0.331 e. The number of hydrogen-bond acceptors (Lipinski definition) is 3. The highest BCUT2D eigenvalue weighted by atomic mass is 79.9. The molecule has 0 atom stereocenters. The summed E-state index contributed by atoms with van der Waals surface area (Å²) < 4.78 is 25.6. The molecule has 16 heavy (non-hydrogen) atoms. The normalized spacial score (nSPS) is 16.3. The van der Waals surface area contributed by atoms with Crippen molar-refractivity contribution in [3.05, 3.63) is 28.7 Å². The third kappa shape index (κ3) is 1.92. The zero-order valence-corrected chi connectivity index (χ0v) is 10.6. The average molecular weight is 305 g/mol. The van der Waals surface area contributed by atoms with Crippen LogP contribution in [0.3, 0.4) is 0 Å². The first-order valence-electron chi connectivity index (χ1n) is 4.58. The second-order valence-electron chi connectivity index (χ2n) is 3.27. The predicted molar refractivity (Wildman–Crippen MR) is 61.4 cm³/mol. The van der Waals surface area contributed by atoms with Gasteiger partial charge in [-0.25, -0.2) is 17.5 Å². The lowest BCUT2D eigenvalue weighted by molar-refractivity contribution is 0.236. The molecule has 1 N–H and O–H groups in total. The maximum absolute atomic E-state index is 12.0. The third-order valence-corrected chi connectivity index (χ3v) is 4.47. The van der Waals surface area contributed by atoms with Crippen LogP contribution in [-0.4, -0.2) is 31.8 Å². The summed E-state index contributed by atoms with van der Waals surface area (Å²) in [5.74, 6) is 0. The highest BCUT2D eigenvalue weighted by Crippen LogP contribution is 2.20. The number of carbonyl (C=O) groups excluding carboxylic acids is 1. The van der Waals surface area contributed by atoms with Crippen molar-refractivity contribution in [2.45, 2.75) is 4.90 Å². The third-order valence-electron chi connectivity index (χ3n) is 2.20. The van der Waals surface area contributed by atoms with Gasteiger partial charge in [-0.05, 0) is 18.2 Å². The van der Waals surface area contributed by atoms with Crippen LogP contribution >= 0.6 is 15.9 Å². The van der Waals surface area contributed by atoms with Crippen LogP contribution in [-0.2, 0) is 10.0 Å². The van der Waals surface area contributed by atoms with Crippen LogP contribution in [0.15, 0.2) is 33.6 Å². The van der Waals surface area contributed by atoms with Crippen LogP contribution < -0.4 is 5.32 Å². The minimum absolute atomic E-state index is 0.110. The monoisotopic (exact) mass is 304 g/mol. The molecule has 0 aliphatic carbocycles. The summed E-state index contributed by atoms with van der Waals surface area (Å²) in [7, 11) is -3.72. The van der Waals surface area contributed by atoms with E-state index < -0.39 is 16.1 Å². The standard InChI is InChI=1S/C9H9BrN2O3S/c10-7-2-1-3-8(6-7)16(14,15)12-5-4-11-9(12)13/h1-3,6H,4-5H2,(H,11,13). The Morgan fingerprint density at radius 2 is 2.12 bits per heavy atom. The zero-order chi connectivity index (χ0) is 11.8. The van der Waals surface area contributed by atoms with Gasteiger partial charge in [0.05, 0.1) is 11.4 Å². The number of urea groups is 1. The van der Waals surface area contributed by atoms with Gasteiger partial charge < -0.3 is 5.32 Å². The van der Waals surface area contributed by atoms with Gasteiger partial charge in [-0.15, -0.1) is 0 Å². The average Bonchev–Trinajstić information content (AvgIpc) is 2.65.